The molecule has 0 saturated carbocycles. The summed E-state index contributed by atoms with van der Waals surface area (Å²) in [7, 11) is 1.81. The first-order chi connectivity index (χ1) is 7.61. The zero-order chi connectivity index (χ0) is 11.4. The van der Waals surface area contributed by atoms with Crippen LogP contribution in [-0.4, -0.2) is 20.6 Å². The maximum absolute atomic E-state index is 11.2. The highest BCUT2D eigenvalue weighted by atomic mass is 32.1. The summed E-state index contributed by atoms with van der Waals surface area (Å²) in [5.41, 5.74) is 6.10. The largest absolute Gasteiger partial charge is 0.477 e. The van der Waals surface area contributed by atoms with Gasteiger partial charge in [0.05, 0.1) is 11.2 Å². The summed E-state index contributed by atoms with van der Waals surface area (Å²) in [5.74, 6) is -0.869. The molecule has 0 spiro atoms. The Morgan fingerprint density at radius 3 is 3.06 bits per heavy atom. The normalized spacial score (nSPS) is 12.6. The summed E-state index contributed by atoms with van der Waals surface area (Å²) >= 11 is 1.63. The molecule has 0 unspecified atom stereocenters. The quantitative estimate of drug-likeness (QED) is 0.701. The van der Waals surface area contributed by atoms with Crippen molar-refractivity contribution in [2.45, 2.75) is 13.3 Å². The highest BCUT2D eigenvalue weighted by molar-refractivity contribution is 7.10. The van der Waals surface area contributed by atoms with E-state index in [2.05, 4.69) is 4.98 Å². The minimum atomic E-state index is -0.869. The lowest BCUT2D eigenvalue weighted by Gasteiger charge is -2.02. The SMILES string of the molecule is Cc1c2c(n(C)c1C(=O)O)Cc1scnc1-2. The van der Waals surface area contributed by atoms with Crippen molar-refractivity contribution in [2.24, 2.45) is 7.05 Å². The molecule has 0 radical (unpaired) electrons. The number of carboxylic acid groups (broad SMARTS) is 1. The van der Waals surface area contributed by atoms with Gasteiger partial charge in [-0.05, 0) is 12.5 Å². The Bertz CT molecular complexity index is 610. The minimum Gasteiger partial charge on any atom is -0.477 e. The molecule has 2 aromatic heterocycles. The third-order valence-corrected chi connectivity index (χ3v) is 4.00. The number of aromatic carboxylic acids is 1. The zero-order valence-corrected chi connectivity index (χ0v) is 9.76. The van der Waals surface area contributed by atoms with Gasteiger partial charge in [-0.3, -0.25) is 0 Å². The number of carbonyl (C=O) groups is 1. The second-order valence-electron chi connectivity index (χ2n) is 3.96. The van der Waals surface area contributed by atoms with Gasteiger partial charge in [0.15, 0.2) is 0 Å². The van der Waals surface area contributed by atoms with Crippen molar-refractivity contribution < 1.29 is 9.90 Å². The lowest BCUT2D eigenvalue weighted by Crippen LogP contribution is -2.08. The first kappa shape index (κ1) is 9.59. The van der Waals surface area contributed by atoms with E-state index in [-0.39, 0.29) is 0 Å². The van der Waals surface area contributed by atoms with Gasteiger partial charge in [-0.25, -0.2) is 9.78 Å². The summed E-state index contributed by atoms with van der Waals surface area (Å²) in [4.78, 5) is 16.7. The molecule has 0 amide bonds. The van der Waals surface area contributed by atoms with Crippen LogP contribution in [0.1, 0.15) is 26.6 Å². The van der Waals surface area contributed by atoms with E-state index in [9.17, 15) is 4.79 Å². The monoisotopic (exact) mass is 234 g/mol. The van der Waals surface area contributed by atoms with Crippen molar-refractivity contribution in [1.82, 2.24) is 9.55 Å². The zero-order valence-electron chi connectivity index (χ0n) is 8.94. The number of hydrogen-bond donors (Lipinski definition) is 1. The van der Waals surface area contributed by atoms with Crippen LogP contribution < -0.4 is 0 Å². The molecular weight excluding hydrogens is 224 g/mol. The van der Waals surface area contributed by atoms with Crippen LogP contribution >= 0.6 is 11.3 Å². The fourth-order valence-corrected chi connectivity index (χ4v) is 3.24. The van der Waals surface area contributed by atoms with Crippen molar-refractivity contribution in [3.63, 3.8) is 0 Å². The molecule has 16 heavy (non-hydrogen) atoms. The summed E-state index contributed by atoms with van der Waals surface area (Å²) < 4.78 is 1.78. The number of carboxylic acids is 1. The van der Waals surface area contributed by atoms with E-state index in [0.717, 1.165) is 28.9 Å². The molecular formula is C11H10N2O2S. The molecule has 0 saturated heterocycles. The van der Waals surface area contributed by atoms with Crippen LogP contribution in [0.15, 0.2) is 5.51 Å². The van der Waals surface area contributed by atoms with Gasteiger partial charge in [-0.2, -0.15) is 0 Å². The van der Waals surface area contributed by atoms with Gasteiger partial charge < -0.3 is 9.67 Å². The number of aromatic nitrogens is 2. The lowest BCUT2D eigenvalue weighted by molar-refractivity contribution is 0.0685. The highest BCUT2D eigenvalue weighted by Gasteiger charge is 2.31. The standard InChI is InChI=1S/C11H10N2O2S/c1-5-8-6(13(2)10(5)11(14)15)3-7-9(8)12-4-16-7/h4H,3H2,1-2H3,(H,14,15). The summed E-state index contributed by atoms with van der Waals surface area (Å²) in [6, 6.07) is 0. The molecule has 2 aromatic rings. The third kappa shape index (κ3) is 0.983. The molecule has 4 nitrogen and oxygen atoms in total. The summed E-state index contributed by atoms with van der Waals surface area (Å²) in [6.07, 6.45) is 0.806. The molecule has 0 aromatic carbocycles. The first-order valence-corrected chi connectivity index (χ1v) is 5.83. The van der Waals surface area contributed by atoms with E-state index in [0.29, 0.717) is 5.69 Å². The third-order valence-electron chi connectivity index (χ3n) is 3.17. The van der Waals surface area contributed by atoms with Gasteiger partial charge in [0.1, 0.15) is 5.69 Å². The van der Waals surface area contributed by atoms with Gasteiger partial charge in [-0.15, -0.1) is 11.3 Å². The average Bonchev–Trinajstić information content (AvgIpc) is 2.78. The van der Waals surface area contributed by atoms with Crippen molar-refractivity contribution in [3.05, 3.63) is 27.3 Å². The van der Waals surface area contributed by atoms with Crippen LogP contribution in [0.25, 0.3) is 11.3 Å². The molecule has 0 atom stereocenters. The predicted octanol–water partition coefficient (Wildman–Crippen LogP) is 2.06. The Balaban J connectivity index is 2.35. The van der Waals surface area contributed by atoms with E-state index in [1.807, 2.05) is 19.5 Å². The minimum absolute atomic E-state index is 0.378. The fourth-order valence-electron chi connectivity index (χ4n) is 2.47. The van der Waals surface area contributed by atoms with Gasteiger partial charge >= 0.3 is 5.97 Å². The van der Waals surface area contributed by atoms with E-state index in [4.69, 9.17) is 5.11 Å². The Morgan fingerprint density at radius 1 is 1.62 bits per heavy atom. The molecule has 0 aliphatic heterocycles. The number of fused-ring (bicyclic) bond motifs is 3. The van der Waals surface area contributed by atoms with E-state index < -0.39 is 5.97 Å². The fraction of sp³-hybridized carbons (Fsp3) is 0.273. The van der Waals surface area contributed by atoms with Gasteiger partial charge in [0, 0.05) is 29.6 Å². The summed E-state index contributed by atoms with van der Waals surface area (Å²) in [6.45, 7) is 1.86. The van der Waals surface area contributed by atoms with Gasteiger partial charge in [0.2, 0.25) is 0 Å². The Labute approximate surface area is 96.2 Å². The molecule has 3 rings (SSSR count). The molecule has 1 N–H and O–H groups in total. The lowest BCUT2D eigenvalue weighted by atomic mass is 10.1. The van der Waals surface area contributed by atoms with Crippen molar-refractivity contribution in [2.75, 3.05) is 0 Å². The van der Waals surface area contributed by atoms with Crippen molar-refractivity contribution in [3.8, 4) is 11.3 Å². The van der Waals surface area contributed by atoms with Gasteiger partial charge in [0.25, 0.3) is 0 Å². The van der Waals surface area contributed by atoms with E-state index >= 15 is 0 Å². The molecule has 2 heterocycles. The van der Waals surface area contributed by atoms with Crippen LogP contribution in [-0.2, 0) is 13.5 Å². The maximum atomic E-state index is 11.2. The first-order valence-electron chi connectivity index (χ1n) is 4.95. The maximum Gasteiger partial charge on any atom is 0.352 e. The molecule has 1 aliphatic carbocycles. The topological polar surface area (TPSA) is 55.1 Å². The Kier molecular flexibility index (Phi) is 1.77. The van der Waals surface area contributed by atoms with Crippen LogP contribution in [0.3, 0.4) is 0 Å². The van der Waals surface area contributed by atoms with E-state index in [1.165, 1.54) is 4.88 Å². The Hall–Kier alpha value is -1.62. The molecule has 5 heteroatoms. The van der Waals surface area contributed by atoms with Crippen molar-refractivity contribution >= 4 is 17.3 Å². The number of nitrogens with zero attached hydrogens (tertiary/aromatic N) is 2. The smallest absolute Gasteiger partial charge is 0.352 e. The number of thiazole rings is 1. The van der Waals surface area contributed by atoms with E-state index in [1.54, 1.807) is 15.9 Å². The van der Waals surface area contributed by atoms with Gasteiger partial charge in [-0.1, -0.05) is 0 Å². The van der Waals surface area contributed by atoms with Crippen LogP contribution in [0.4, 0.5) is 0 Å². The number of rotatable bonds is 1. The second kappa shape index (κ2) is 2.95. The molecule has 0 fully saturated rings. The number of hydrogen-bond acceptors (Lipinski definition) is 3. The highest BCUT2D eigenvalue weighted by Crippen LogP contribution is 2.42. The van der Waals surface area contributed by atoms with Crippen LogP contribution in [0.5, 0.6) is 0 Å². The molecule has 82 valence electrons. The second-order valence-corrected chi connectivity index (χ2v) is 4.90. The van der Waals surface area contributed by atoms with Crippen LogP contribution in [0.2, 0.25) is 0 Å². The average molecular weight is 234 g/mol. The predicted molar refractivity (Wildman–Crippen MR) is 61.0 cm³/mol. The van der Waals surface area contributed by atoms with Crippen LogP contribution in [0, 0.1) is 6.92 Å². The molecule has 1 aliphatic rings. The Morgan fingerprint density at radius 2 is 2.38 bits per heavy atom. The van der Waals surface area contributed by atoms with Crippen molar-refractivity contribution in [1.29, 1.82) is 0 Å². The summed E-state index contributed by atoms with van der Waals surface area (Å²) in [5, 5.41) is 9.16. The molecule has 0 bridgehead atoms.